The van der Waals surface area contributed by atoms with E-state index in [0.717, 1.165) is 5.75 Å². The van der Waals surface area contributed by atoms with Gasteiger partial charge >= 0.3 is 7.95 Å². The lowest BCUT2D eigenvalue weighted by Gasteiger charge is -2.22. The smallest absolute Gasteiger partial charge is 0.369 e. The minimum Gasteiger partial charge on any atom is -0.369 e. The average Bonchev–Trinajstić information content (AvgIpc) is 2.33. The van der Waals surface area contributed by atoms with Gasteiger partial charge in [0, 0.05) is 27.1 Å². The first-order valence-corrected chi connectivity index (χ1v) is 8.03. The van der Waals surface area contributed by atoms with Gasteiger partial charge in [0.1, 0.15) is 0 Å². The normalized spacial score (nSPS) is 11.7. The lowest BCUT2D eigenvalue weighted by molar-refractivity contribution is 0.152. The van der Waals surface area contributed by atoms with Crippen LogP contribution in [-0.4, -0.2) is 29.3 Å². The van der Waals surface area contributed by atoms with E-state index in [4.69, 9.17) is 13.3 Å². The molecular weight excluding hydrogens is 228 g/mol. The summed E-state index contributed by atoms with van der Waals surface area (Å²) in [4.78, 5) is 0. The summed E-state index contributed by atoms with van der Waals surface area (Å²) in [6.45, 7) is 0. The van der Waals surface area contributed by atoms with Gasteiger partial charge in [0.2, 0.25) is 0 Å². The summed E-state index contributed by atoms with van der Waals surface area (Å²) < 4.78 is 15.9. The van der Waals surface area contributed by atoms with Crippen molar-refractivity contribution in [2.24, 2.45) is 0 Å². The zero-order valence-corrected chi connectivity index (χ0v) is 11.0. The molecule has 0 aliphatic rings. The van der Waals surface area contributed by atoms with E-state index in [1.807, 2.05) is 18.2 Å². The van der Waals surface area contributed by atoms with Gasteiger partial charge in [-0.2, -0.15) is 0 Å². The summed E-state index contributed by atoms with van der Waals surface area (Å²) in [5.74, 6) is 0.836. The third kappa shape index (κ3) is 3.62. The molecular formula is C10H16O3SSi. The Morgan fingerprint density at radius 3 is 2.00 bits per heavy atom. The number of benzene rings is 1. The maximum atomic E-state index is 5.32. The van der Waals surface area contributed by atoms with Gasteiger partial charge in [-0.05, 0) is 5.56 Å². The summed E-state index contributed by atoms with van der Waals surface area (Å²) in [5.41, 5.74) is 1.24. The Labute approximate surface area is 95.7 Å². The molecule has 0 aliphatic heterocycles. The van der Waals surface area contributed by atoms with E-state index in [2.05, 4.69) is 12.1 Å². The van der Waals surface area contributed by atoms with Crippen LogP contribution >= 0.6 is 11.2 Å². The molecule has 0 saturated carbocycles. The second-order valence-electron chi connectivity index (χ2n) is 2.89. The molecule has 0 aliphatic carbocycles. The van der Waals surface area contributed by atoms with E-state index in [9.17, 15) is 0 Å². The predicted octanol–water partition coefficient (Wildman–Crippen LogP) is 2.29. The SMILES string of the molecule is CO[Si](OC)(OC)SCc1ccccc1. The van der Waals surface area contributed by atoms with Crippen LogP contribution in [0, 0.1) is 0 Å². The molecule has 0 N–H and O–H groups in total. The highest BCUT2D eigenvalue weighted by molar-refractivity contribution is 8.26. The van der Waals surface area contributed by atoms with Crippen molar-refractivity contribution >= 4 is 19.2 Å². The van der Waals surface area contributed by atoms with Crippen molar-refractivity contribution in [3.05, 3.63) is 35.9 Å². The van der Waals surface area contributed by atoms with Crippen LogP contribution in [0.2, 0.25) is 0 Å². The number of hydrogen-bond acceptors (Lipinski definition) is 4. The van der Waals surface area contributed by atoms with Crippen LogP contribution in [0.4, 0.5) is 0 Å². The first-order chi connectivity index (χ1) is 7.26. The topological polar surface area (TPSA) is 27.7 Å². The largest absolute Gasteiger partial charge is 0.572 e. The Hall–Kier alpha value is -0.333. The molecule has 0 radical (unpaired) electrons. The minimum atomic E-state index is -2.48. The fourth-order valence-electron chi connectivity index (χ4n) is 1.17. The van der Waals surface area contributed by atoms with Crippen molar-refractivity contribution < 1.29 is 13.3 Å². The lowest BCUT2D eigenvalue weighted by Crippen LogP contribution is -2.39. The van der Waals surface area contributed by atoms with Crippen LogP contribution in [0.5, 0.6) is 0 Å². The summed E-state index contributed by atoms with van der Waals surface area (Å²) in [6, 6.07) is 10.2. The molecule has 0 atom stereocenters. The van der Waals surface area contributed by atoms with Crippen LogP contribution < -0.4 is 0 Å². The van der Waals surface area contributed by atoms with Gasteiger partial charge in [-0.25, -0.2) is 0 Å². The Balaban J connectivity index is 2.54. The zero-order valence-electron chi connectivity index (χ0n) is 9.23. The lowest BCUT2D eigenvalue weighted by atomic mass is 10.2. The van der Waals surface area contributed by atoms with Crippen LogP contribution in [0.15, 0.2) is 30.3 Å². The minimum absolute atomic E-state index is 0.836. The summed E-state index contributed by atoms with van der Waals surface area (Å²) in [5, 5.41) is 0. The Kier molecular flexibility index (Phi) is 5.34. The molecule has 1 aromatic rings. The van der Waals surface area contributed by atoms with Gasteiger partial charge in [0.25, 0.3) is 0 Å². The second kappa shape index (κ2) is 6.29. The van der Waals surface area contributed by atoms with Crippen molar-refractivity contribution in [1.29, 1.82) is 0 Å². The maximum absolute atomic E-state index is 5.32. The van der Waals surface area contributed by atoms with Gasteiger partial charge in [-0.3, -0.25) is 0 Å². The third-order valence-corrected chi connectivity index (χ3v) is 7.33. The van der Waals surface area contributed by atoms with Crippen molar-refractivity contribution in [3.8, 4) is 0 Å². The number of rotatable bonds is 6. The molecule has 15 heavy (non-hydrogen) atoms. The fraction of sp³-hybridized carbons (Fsp3) is 0.400. The van der Waals surface area contributed by atoms with E-state index >= 15 is 0 Å². The van der Waals surface area contributed by atoms with E-state index in [0.29, 0.717) is 0 Å². The number of hydrogen-bond donors (Lipinski definition) is 0. The highest BCUT2D eigenvalue weighted by Crippen LogP contribution is 2.26. The molecule has 0 bridgehead atoms. The predicted molar refractivity (Wildman–Crippen MR) is 64.5 cm³/mol. The van der Waals surface area contributed by atoms with Gasteiger partial charge in [0.15, 0.2) is 0 Å². The summed E-state index contributed by atoms with van der Waals surface area (Å²) in [7, 11) is 2.38. The van der Waals surface area contributed by atoms with E-state index in [-0.39, 0.29) is 0 Å². The summed E-state index contributed by atoms with van der Waals surface area (Å²) in [6.07, 6.45) is 0. The third-order valence-electron chi connectivity index (χ3n) is 2.01. The molecule has 3 nitrogen and oxygen atoms in total. The molecule has 0 spiro atoms. The zero-order chi connectivity index (χ0) is 11.1. The second-order valence-corrected chi connectivity index (χ2v) is 8.05. The van der Waals surface area contributed by atoms with Gasteiger partial charge in [0.05, 0.1) is 0 Å². The van der Waals surface area contributed by atoms with Crippen LogP contribution in [0.1, 0.15) is 5.56 Å². The van der Waals surface area contributed by atoms with Crippen LogP contribution in [-0.2, 0) is 19.0 Å². The average molecular weight is 244 g/mol. The molecule has 0 amide bonds. The van der Waals surface area contributed by atoms with E-state index < -0.39 is 7.95 Å². The van der Waals surface area contributed by atoms with Gasteiger partial charge < -0.3 is 13.3 Å². The monoisotopic (exact) mass is 244 g/mol. The molecule has 1 aromatic carbocycles. The molecule has 0 fully saturated rings. The molecule has 84 valence electrons. The van der Waals surface area contributed by atoms with Gasteiger partial charge in [-0.15, -0.1) is 0 Å². The molecule has 0 heterocycles. The first-order valence-electron chi connectivity index (χ1n) is 4.59. The van der Waals surface area contributed by atoms with Crippen LogP contribution in [0.25, 0.3) is 0 Å². The van der Waals surface area contributed by atoms with Crippen molar-refractivity contribution in [3.63, 3.8) is 0 Å². The molecule has 1 rings (SSSR count). The standard InChI is InChI=1S/C10H16O3SSi/c1-11-15(12-2,13-3)14-9-10-7-5-4-6-8-10/h4-8H,9H2,1-3H3. The highest BCUT2D eigenvalue weighted by atomic mass is 32.4. The van der Waals surface area contributed by atoms with Crippen molar-refractivity contribution in [2.45, 2.75) is 5.75 Å². The molecule has 0 aromatic heterocycles. The van der Waals surface area contributed by atoms with E-state index in [1.54, 1.807) is 32.5 Å². The quantitative estimate of drug-likeness (QED) is 0.718. The Morgan fingerprint density at radius 1 is 1.00 bits per heavy atom. The Morgan fingerprint density at radius 2 is 1.53 bits per heavy atom. The van der Waals surface area contributed by atoms with Crippen LogP contribution in [0.3, 0.4) is 0 Å². The Bertz CT molecular complexity index is 269. The fourth-order valence-corrected chi connectivity index (χ4v) is 4.65. The molecule has 0 unspecified atom stereocenters. The highest BCUT2D eigenvalue weighted by Gasteiger charge is 2.39. The van der Waals surface area contributed by atoms with Gasteiger partial charge in [-0.1, -0.05) is 41.5 Å². The molecule has 5 heteroatoms. The molecule has 0 saturated heterocycles. The maximum Gasteiger partial charge on any atom is 0.572 e. The first kappa shape index (κ1) is 12.7. The summed E-state index contributed by atoms with van der Waals surface area (Å²) >= 11 is 1.59. The van der Waals surface area contributed by atoms with Crippen molar-refractivity contribution in [1.82, 2.24) is 0 Å². The van der Waals surface area contributed by atoms with E-state index in [1.165, 1.54) is 5.56 Å². The van der Waals surface area contributed by atoms with Crippen molar-refractivity contribution in [2.75, 3.05) is 21.3 Å².